The fraction of sp³-hybridized carbons (Fsp3) is 0.435. The first-order valence-electron chi connectivity index (χ1n) is 10.5. The second-order valence-electron chi connectivity index (χ2n) is 7.09. The van der Waals surface area contributed by atoms with Gasteiger partial charge in [0, 0.05) is 19.6 Å². The highest BCUT2D eigenvalue weighted by Crippen LogP contribution is 2.27. The molecule has 1 N–H and O–H groups in total. The van der Waals surface area contributed by atoms with E-state index >= 15 is 0 Å². The molecule has 0 aliphatic heterocycles. The predicted molar refractivity (Wildman–Crippen MR) is 123 cm³/mol. The second kappa shape index (κ2) is 11.7. The maximum Gasteiger partial charge on any atom is 0.257 e. The van der Waals surface area contributed by atoms with Gasteiger partial charge in [-0.2, -0.15) is 4.31 Å². The molecule has 8 nitrogen and oxygen atoms in total. The van der Waals surface area contributed by atoms with Gasteiger partial charge in [-0.15, -0.1) is 0 Å². The molecule has 176 valence electrons. The fourth-order valence-electron chi connectivity index (χ4n) is 3.23. The summed E-state index contributed by atoms with van der Waals surface area (Å²) in [6.07, 6.45) is 0.628. The Kier molecular flexibility index (Phi) is 9.34. The molecule has 0 aliphatic carbocycles. The van der Waals surface area contributed by atoms with Crippen molar-refractivity contribution in [3.8, 4) is 17.2 Å². The molecule has 0 radical (unpaired) electrons. The van der Waals surface area contributed by atoms with Gasteiger partial charge in [0.2, 0.25) is 10.0 Å². The third kappa shape index (κ3) is 6.37. The first-order valence-corrected chi connectivity index (χ1v) is 11.9. The van der Waals surface area contributed by atoms with E-state index in [1.165, 1.54) is 10.4 Å². The molecule has 0 bridgehead atoms. The SMILES string of the molecule is CCN(CC)S(=O)(=O)c1ccc(OCC(=O)NCCc2ccc(OC)c(OC)c2)c(C)c1. The van der Waals surface area contributed by atoms with Gasteiger partial charge in [0.05, 0.1) is 19.1 Å². The zero-order valence-electron chi connectivity index (χ0n) is 19.3. The Morgan fingerprint density at radius 2 is 1.62 bits per heavy atom. The van der Waals surface area contributed by atoms with E-state index in [4.69, 9.17) is 14.2 Å². The standard InChI is InChI=1S/C23H32N2O6S/c1-6-25(7-2)32(27,28)19-9-11-20(17(3)14-19)31-16-23(26)24-13-12-18-8-10-21(29-4)22(15-18)30-5/h8-11,14-15H,6-7,12-13,16H2,1-5H3,(H,24,26). The quantitative estimate of drug-likeness (QED) is 0.519. The number of hydrogen-bond acceptors (Lipinski definition) is 6. The van der Waals surface area contributed by atoms with E-state index in [2.05, 4.69) is 5.32 Å². The van der Waals surface area contributed by atoms with Gasteiger partial charge in [0.1, 0.15) is 5.75 Å². The molecule has 2 rings (SSSR count). The smallest absolute Gasteiger partial charge is 0.257 e. The van der Waals surface area contributed by atoms with E-state index in [0.717, 1.165) is 5.56 Å². The molecule has 2 aromatic rings. The number of amides is 1. The van der Waals surface area contributed by atoms with Crippen molar-refractivity contribution in [3.05, 3.63) is 47.5 Å². The molecule has 0 aliphatic rings. The van der Waals surface area contributed by atoms with E-state index < -0.39 is 10.0 Å². The maximum absolute atomic E-state index is 12.6. The van der Waals surface area contributed by atoms with Crippen LogP contribution in [0.3, 0.4) is 0 Å². The Morgan fingerprint density at radius 3 is 2.22 bits per heavy atom. The summed E-state index contributed by atoms with van der Waals surface area (Å²) in [5.74, 6) is 1.50. The molecule has 0 atom stereocenters. The van der Waals surface area contributed by atoms with Crippen LogP contribution in [-0.2, 0) is 21.2 Å². The topological polar surface area (TPSA) is 94.2 Å². The zero-order chi connectivity index (χ0) is 23.7. The van der Waals surface area contributed by atoms with Gasteiger partial charge < -0.3 is 19.5 Å². The minimum Gasteiger partial charge on any atom is -0.493 e. The number of nitrogens with one attached hydrogen (secondary N) is 1. The van der Waals surface area contributed by atoms with Gasteiger partial charge in [-0.3, -0.25) is 4.79 Å². The summed E-state index contributed by atoms with van der Waals surface area (Å²) in [7, 11) is -0.380. The lowest BCUT2D eigenvalue weighted by Gasteiger charge is -2.19. The van der Waals surface area contributed by atoms with E-state index in [1.807, 2.05) is 18.2 Å². The van der Waals surface area contributed by atoms with Crippen LogP contribution in [-0.4, -0.2) is 59.1 Å². The lowest BCUT2D eigenvalue weighted by atomic mass is 10.1. The highest BCUT2D eigenvalue weighted by Gasteiger charge is 2.22. The number of carbonyl (C=O) groups is 1. The molecule has 0 unspecified atom stereocenters. The number of methoxy groups -OCH3 is 2. The Hall–Kier alpha value is -2.78. The number of rotatable bonds is 12. The summed E-state index contributed by atoms with van der Waals surface area (Å²) in [5, 5.41) is 2.81. The Labute approximate surface area is 190 Å². The minimum atomic E-state index is -3.54. The number of carbonyl (C=O) groups excluding carboxylic acids is 1. The fourth-order valence-corrected chi connectivity index (χ4v) is 4.78. The van der Waals surface area contributed by atoms with Crippen LogP contribution in [0, 0.1) is 6.92 Å². The highest BCUT2D eigenvalue weighted by molar-refractivity contribution is 7.89. The molecule has 0 aromatic heterocycles. The second-order valence-corrected chi connectivity index (χ2v) is 9.03. The van der Waals surface area contributed by atoms with Gasteiger partial charge >= 0.3 is 0 Å². The Balaban J connectivity index is 1.89. The molecule has 0 heterocycles. The molecule has 2 aromatic carbocycles. The van der Waals surface area contributed by atoms with Crippen LogP contribution in [0.5, 0.6) is 17.2 Å². The molecular formula is C23H32N2O6S. The largest absolute Gasteiger partial charge is 0.493 e. The summed E-state index contributed by atoms with van der Waals surface area (Å²) in [5.41, 5.74) is 1.65. The van der Waals surface area contributed by atoms with E-state index in [0.29, 0.717) is 48.9 Å². The van der Waals surface area contributed by atoms with Crippen molar-refractivity contribution in [2.75, 3.05) is 40.5 Å². The lowest BCUT2D eigenvalue weighted by molar-refractivity contribution is -0.123. The van der Waals surface area contributed by atoms with Crippen molar-refractivity contribution in [1.82, 2.24) is 9.62 Å². The number of ether oxygens (including phenoxy) is 3. The number of sulfonamides is 1. The molecule has 9 heteroatoms. The number of benzene rings is 2. The van der Waals surface area contributed by atoms with Gasteiger partial charge in [-0.25, -0.2) is 8.42 Å². The summed E-state index contributed by atoms with van der Waals surface area (Å²) in [4.78, 5) is 12.4. The van der Waals surface area contributed by atoms with Crippen LogP contribution >= 0.6 is 0 Å². The maximum atomic E-state index is 12.6. The Bertz CT molecular complexity index is 1020. The third-order valence-corrected chi connectivity index (χ3v) is 7.08. The van der Waals surface area contributed by atoms with E-state index in [-0.39, 0.29) is 17.4 Å². The normalized spacial score (nSPS) is 11.3. The molecule has 0 saturated heterocycles. The average Bonchev–Trinajstić information content (AvgIpc) is 2.78. The number of hydrogen-bond donors (Lipinski definition) is 1. The molecule has 0 spiro atoms. The van der Waals surface area contributed by atoms with Crippen LogP contribution < -0.4 is 19.5 Å². The van der Waals surface area contributed by atoms with Crippen LogP contribution in [0.4, 0.5) is 0 Å². The molecule has 0 saturated carbocycles. The summed E-state index contributed by atoms with van der Waals surface area (Å²) < 4.78 is 42.8. The minimum absolute atomic E-state index is 0.158. The van der Waals surface area contributed by atoms with Crippen molar-refractivity contribution in [2.24, 2.45) is 0 Å². The van der Waals surface area contributed by atoms with Crippen LogP contribution in [0.15, 0.2) is 41.3 Å². The monoisotopic (exact) mass is 464 g/mol. The number of nitrogens with zero attached hydrogens (tertiary/aromatic N) is 1. The van der Waals surface area contributed by atoms with Crippen molar-refractivity contribution in [3.63, 3.8) is 0 Å². The zero-order valence-corrected chi connectivity index (χ0v) is 20.1. The average molecular weight is 465 g/mol. The lowest BCUT2D eigenvalue weighted by Crippen LogP contribution is -2.31. The van der Waals surface area contributed by atoms with Gasteiger partial charge in [-0.05, 0) is 54.8 Å². The van der Waals surface area contributed by atoms with Crippen molar-refractivity contribution in [2.45, 2.75) is 32.1 Å². The van der Waals surface area contributed by atoms with Crippen molar-refractivity contribution >= 4 is 15.9 Å². The third-order valence-electron chi connectivity index (χ3n) is 5.03. The molecule has 1 amide bonds. The summed E-state index contributed by atoms with van der Waals surface area (Å²) in [6.45, 7) is 6.45. The van der Waals surface area contributed by atoms with Gasteiger partial charge in [0.25, 0.3) is 5.91 Å². The molecule has 0 fully saturated rings. The molecular weight excluding hydrogens is 432 g/mol. The summed E-state index contributed by atoms with van der Waals surface area (Å²) >= 11 is 0. The summed E-state index contributed by atoms with van der Waals surface area (Å²) in [6, 6.07) is 10.3. The van der Waals surface area contributed by atoms with Crippen molar-refractivity contribution in [1.29, 1.82) is 0 Å². The van der Waals surface area contributed by atoms with Crippen LogP contribution in [0.1, 0.15) is 25.0 Å². The van der Waals surface area contributed by atoms with E-state index in [1.54, 1.807) is 47.1 Å². The van der Waals surface area contributed by atoms with Gasteiger partial charge in [0.15, 0.2) is 18.1 Å². The van der Waals surface area contributed by atoms with Gasteiger partial charge in [-0.1, -0.05) is 19.9 Å². The van der Waals surface area contributed by atoms with Crippen LogP contribution in [0.25, 0.3) is 0 Å². The van der Waals surface area contributed by atoms with E-state index in [9.17, 15) is 13.2 Å². The number of aryl methyl sites for hydroxylation is 1. The predicted octanol–water partition coefficient (Wildman–Crippen LogP) is 2.78. The highest BCUT2D eigenvalue weighted by atomic mass is 32.2. The first-order chi connectivity index (χ1) is 15.3. The van der Waals surface area contributed by atoms with Crippen molar-refractivity contribution < 1.29 is 27.4 Å². The Morgan fingerprint density at radius 1 is 0.969 bits per heavy atom. The van der Waals surface area contributed by atoms with Crippen LogP contribution in [0.2, 0.25) is 0 Å². The molecule has 32 heavy (non-hydrogen) atoms. The first kappa shape index (κ1) is 25.5.